The Morgan fingerprint density at radius 1 is 1.27 bits per heavy atom. The first-order valence-electron chi connectivity index (χ1n) is 6.00. The quantitative estimate of drug-likeness (QED) is 0.746. The van der Waals surface area contributed by atoms with Crippen LogP contribution in [0.15, 0.2) is 0 Å². The summed E-state index contributed by atoms with van der Waals surface area (Å²) in [6, 6.07) is 0.797. The molecule has 90 valence electrons. The van der Waals surface area contributed by atoms with Gasteiger partial charge in [-0.05, 0) is 37.3 Å². The maximum atomic E-state index is 3.63. The Labute approximate surface area is 100 Å². The number of piperidine rings is 1. The lowest BCUT2D eigenvalue weighted by Crippen LogP contribution is -2.48. The van der Waals surface area contributed by atoms with Crippen LogP contribution < -0.4 is 5.32 Å². The Kier molecular flexibility index (Phi) is 4.45. The number of nitrogens with zero attached hydrogens (tertiary/aromatic N) is 1. The lowest BCUT2D eigenvalue weighted by molar-refractivity contribution is 0.124. The fourth-order valence-corrected chi connectivity index (χ4v) is 2.91. The van der Waals surface area contributed by atoms with Crippen LogP contribution in [-0.4, -0.2) is 37.1 Å². The average molecular weight is 233 g/mol. The van der Waals surface area contributed by atoms with Crippen molar-refractivity contribution in [3.05, 3.63) is 0 Å². The van der Waals surface area contributed by atoms with Crippen LogP contribution in [-0.2, 0) is 0 Å². The minimum Gasteiger partial charge on any atom is -0.312 e. The summed E-state index contributed by atoms with van der Waals surface area (Å²) in [5.41, 5.74) is 0.450. The molecule has 0 radical (unpaired) electrons. The van der Waals surface area contributed by atoms with Gasteiger partial charge in [0.2, 0.25) is 0 Å². The molecule has 0 aromatic rings. The lowest BCUT2D eigenvalue weighted by atomic mass is 9.89. The number of fused-ring (bicyclic) bond motifs is 1. The summed E-state index contributed by atoms with van der Waals surface area (Å²) in [5.74, 6) is 0.978. The molecule has 2 saturated heterocycles. The van der Waals surface area contributed by atoms with Crippen molar-refractivity contribution in [2.24, 2.45) is 11.3 Å². The van der Waals surface area contributed by atoms with Crippen LogP contribution in [0.1, 0.15) is 33.6 Å². The van der Waals surface area contributed by atoms with Crippen LogP contribution in [0, 0.1) is 11.3 Å². The minimum atomic E-state index is 0. The van der Waals surface area contributed by atoms with E-state index in [4.69, 9.17) is 0 Å². The standard InChI is InChI=1S/C12H24N2.ClH/c1-12(2,3)9-14-7-5-10-4-6-13-11(10)8-14;/h10-11,13H,4-9H2,1-3H3;1H. The van der Waals surface area contributed by atoms with Gasteiger partial charge in [-0.25, -0.2) is 0 Å². The van der Waals surface area contributed by atoms with Crippen LogP contribution in [0.5, 0.6) is 0 Å². The van der Waals surface area contributed by atoms with Gasteiger partial charge in [0.1, 0.15) is 0 Å². The summed E-state index contributed by atoms with van der Waals surface area (Å²) in [6.07, 6.45) is 2.82. The van der Waals surface area contributed by atoms with E-state index in [1.54, 1.807) is 0 Å². The van der Waals surface area contributed by atoms with Gasteiger partial charge >= 0.3 is 0 Å². The van der Waals surface area contributed by atoms with Crippen LogP contribution >= 0.6 is 12.4 Å². The van der Waals surface area contributed by atoms with Gasteiger partial charge in [-0.15, -0.1) is 12.4 Å². The van der Waals surface area contributed by atoms with Gasteiger partial charge in [0.25, 0.3) is 0 Å². The number of rotatable bonds is 1. The molecule has 0 bridgehead atoms. The molecule has 2 unspecified atom stereocenters. The van der Waals surface area contributed by atoms with Crippen molar-refractivity contribution in [2.45, 2.75) is 39.7 Å². The van der Waals surface area contributed by atoms with Gasteiger partial charge in [-0.2, -0.15) is 0 Å². The maximum Gasteiger partial charge on any atom is 0.0224 e. The molecule has 2 rings (SSSR count). The van der Waals surface area contributed by atoms with Crippen molar-refractivity contribution in [3.8, 4) is 0 Å². The smallest absolute Gasteiger partial charge is 0.0224 e. The normalized spacial score (nSPS) is 32.2. The van der Waals surface area contributed by atoms with Gasteiger partial charge in [-0.3, -0.25) is 0 Å². The molecule has 3 heteroatoms. The third kappa shape index (κ3) is 3.61. The highest BCUT2D eigenvalue weighted by Gasteiger charge is 2.33. The molecule has 2 aliphatic rings. The van der Waals surface area contributed by atoms with E-state index in [2.05, 4.69) is 31.0 Å². The summed E-state index contributed by atoms with van der Waals surface area (Å²) < 4.78 is 0. The van der Waals surface area contributed by atoms with Crippen LogP contribution in [0.25, 0.3) is 0 Å². The van der Waals surface area contributed by atoms with Crippen LogP contribution in [0.3, 0.4) is 0 Å². The summed E-state index contributed by atoms with van der Waals surface area (Å²) in [5, 5.41) is 3.63. The zero-order chi connectivity index (χ0) is 10.2. The van der Waals surface area contributed by atoms with Crippen molar-refractivity contribution in [1.29, 1.82) is 0 Å². The first-order chi connectivity index (χ1) is 6.54. The predicted octanol–water partition coefficient (Wildman–Crippen LogP) is 2.14. The summed E-state index contributed by atoms with van der Waals surface area (Å²) in [7, 11) is 0. The molecule has 0 saturated carbocycles. The van der Waals surface area contributed by atoms with Crippen molar-refractivity contribution in [1.82, 2.24) is 10.2 Å². The van der Waals surface area contributed by atoms with Gasteiger partial charge in [0.05, 0.1) is 0 Å². The van der Waals surface area contributed by atoms with E-state index in [0.29, 0.717) is 5.41 Å². The zero-order valence-corrected chi connectivity index (χ0v) is 11.1. The predicted molar refractivity (Wildman–Crippen MR) is 67.7 cm³/mol. The summed E-state index contributed by atoms with van der Waals surface area (Å²) in [4.78, 5) is 2.64. The van der Waals surface area contributed by atoms with E-state index in [9.17, 15) is 0 Å². The topological polar surface area (TPSA) is 15.3 Å². The first-order valence-corrected chi connectivity index (χ1v) is 6.00. The molecule has 0 spiro atoms. The molecule has 2 heterocycles. The second-order valence-electron chi connectivity index (χ2n) is 6.19. The van der Waals surface area contributed by atoms with E-state index >= 15 is 0 Å². The Bertz CT molecular complexity index is 200. The second-order valence-corrected chi connectivity index (χ2v) is 6.19. The summed E-state index contributed by atoms with van der Waals surface area (Å²) >= 11 is 0. The van der Waals surface area contributed by atoms with E-state index in [1.807, 2.05) is 0 Å². The van der Waals surface area contributed by atoms with E-state index < -0.39 is 0 Å². The number of nitrogens with one attached hydrogen (secondary N) is 1. The Morgan fingerprint density at radius 3 is 2.67 bits per heavy atom. The van der Waals surface area contributed by atoms with Crippen molar-refractivity contribution < 1.29 is 0 Å². The number of hydrogen-bond acceptors (Lipinski definition) is 2. The van der Waals surface area contributed by atoms with Gasteiger partial charge < -0.3 is 10.2 Å². The van der Waals surface area contributed by atoms with Crippen LogP contribution in [0.4, 0.5) is 0 Å². The molecule has 15 heavy (non-hydrogen) atoms. The van der Waals surface area contributed by atoms with Gasteiger partial charge in [0, 0.05) is 19.1 Å². The molecule has 2 atom stereocenters. The van der Waals surface area contributed by atoms with Gasteiger partial charge in [0.15, 0.2) is 0 Å². The monoisotopic (exact) mass is 232 g/mol. The van der Waals surface area contributed by atoms with Gasteiger partial charge in [-0.1, -0.05) is 20.8 Å². The molecule has 2 fully saturated rings. The highest BCUT2D eigenvalue weighted by atomic mass is 35.5. The molecular weight excluding hydrogens is 208 g/mol. The molecule has 0 amide bonds. The zero-order valence-electron chi connectivity index (χ0n) is 10.3. The highest BCUT2D eigenvalue weighted by Crippen LogP contribution is 2.27. The highest BCUT2D eigenvalue weighted by molar-refractivity contribution is 5.85. The molecule has 1 N–H and O–H groups in total. The number of hydrogen-bond donors (Lipinski definition) is 1. The summed E-state index contributed by atoms with van der Waals surface area (Å²) in [6.45, 7) is 12.1. The molecule has 0 aromatic heterocycles. The first kappa shape index (κ1) is 13.3. The SMILES string of the molecule is CC(C)(C)CN1CCC2CCNC2C1.Cl. The molecule has 0 aliphatic carbocycles. The van der Waals surface area contributed by atoms with E-state index in [0.717, 1.165) is 12.0 Å². The van der Waals surface area contributed by atoms with E-state index in [-0.39, 0.29) is 12.4 Å². The lowest BCUT2D eigenvalue weighted by Gasteiger charge is -2.38. The Morgan fingerprint density at radius 2 is 2.00 bits per heavy atom. The second kappa shape index (κ2) is 5.03. The third-order valence-electron chi connectivity index (χ3n) is 3.46. The molecule has 2 nitrogen and oxygen atoms in total. The van der Waals surface area contributed by atoms with Crippen molar-refractivity contribution in [2.75, 3.05) is 26.2 Å². The van der Waals surface area contributed by atoms with Crippen molar-refractivity contribution in [3.63, 3.8) is 0 Å². The van der Waals surface area contributed by atoms with Crippen LogP contribution in [0.2, 0.25) is 0 Å². The third-order valence-corrected chi connectivity index (χ3v) is 3.46. The molecule has 2 aliphatic heterocycles. The fraction of sp³-hybridized carbons (Fsp3) is 1.00. The maximum absolute atomic E-state index is 3.63. The Balaban J connectivity index is 0.00000112. The fourth-order valence-electron chi connectivity index (χ4n) is 2.91. The number of halogens is 1. The van der Waals surface area contributed by atoms with Crippen molar-refractivity contribution >= 4 is 12.4 Å². The number of likely N-dealkylation sites (tertiary alicyclic amines) is 1. The van der Waals surface area contributed by atoms with E-state index in [1.165, 1.54) is 39.0 Å². The molecule has 0 aromatic carbocycles. The molecular formula is C12H25ClN2. The average Bonchev–Trinajstić information content (AvgIpc) is 2.47. The Hall–Kier alpha value is 0.210. The minimum absolute atomic E-state index is 0. The largest absolute Gasteiger partial charge is 0.312 e.